The van der Waals surface area contributed by atoms with Gasteiger partial charge in [0.2, 0.25) is 0 Å². The lowest BCUT2D eigenvalue weighted by Gasteiger charge is -2.36. The van der Waals surface area contributed by atoms with Crippen molar-refractivity contribution in [3.8, 4) is 5.75 Å². The molecule has 6 heteroatoms. The van der Waals surface area contributed by atoms with E-state index in [1.165, 1.54) is 5.69 Å². The first kappa shape index (κ1) is 24.9. The fraction of sp³-hybridized carbons (Fsp3) is 0.519. The van der Waals surface area contributed by atoms with Crippen molar-refractivity contribution in [3.05, 3.63) is 54.1 Å². The van der Waals surface area contributed by atoms with Gasteiger partial charge >= 0.3 is 5.97 Å². The molecule has 0 aliphatic carbocycles. The maximum Gasteiger partial charge on any atom is 0.335 e. The molecule has 2 unspecified atom stereocenters. The van der Waals surface area contributed by atoms with Gasteiger partial charge in [0, 0.05) is 31.8 Å². The maximum atomic E-state index is 12.1. The van der Waals surface area contributed by atoms with E-state index in [9.17, 15) is 4.79 Å². The van der Waals surface area contributed by atoms with E-state index in [0.717, 1.165) is 55.9 Å². The molecule has 0 radical (unpaired) electrons. The maximum absolute atomic E-state index is 12.1. The van der Waals surface area contributed by atoms with Crippen LogP contribution in [0.1, 0.15) is 45.6 Å². The largest absolute Gasteiger partial charge is 0.486 e. The van der Waals surface area contributed by atoms with Crippen LogP contribution in [0.2, 0.25) is 0 Å². The summed E-state index contributed by atoms with van der Waals surface area (Å²) in [6.07, 6.45) is 3.47. The third-order valence-corrected chi connectivity index (χ3v) is 5.76. The molecule has 0 fully saturated rings. The number of nitrogens with zero attached hydrogens (tertiary/aromatic N) is 1. The molecule has 0 saturated heterocycles. The number of nitrogens with one attached hydrogen (secondary N) is 1. The van der Waals surface area contributed by atoms with E-state index in [0.29, 0.717) is 19.6 Å². The van der Waals surface area contributed by atoms with Gasteiger partial charge in [-0.1, -0.05) is 37.6 Å². The number of rotatable bonds is 13. The van der Waals surface area contributed by atoms with Gasteiger partial charge in [0.25, 0.3) is 0 Å². The normalized spacial score (nSPS) is 16.0. The Labute approximate surface area is 198 Å². The number of anilines is 2. The Kier molecular flexibility index (Phi) is 9.88. The number of para-hydroxylation sites is 2. The molecule has 2 aromatic carbocycles. The van der Waals surface area contributed by atoms with E-state index < -0.39 is 6.10 Å². The minimum Gasteiger partial charge on any atom is -0.486 e. The molecule has 0 spiro atoms. The summed E-state index contributed by atoms with van der Waals surface area (Å²) >= 11 is 0. The van der Waals surface area contributed by atoms with Crippen LogP contribution >= 0.6 is 0 Å². The number of hydrogen-bond donors (Lipinski definition) is 1. The Morgan fingerprint density at radius 2 is 1.91 bits per heavy atom. The van der Waals surface area contributed by atoms with Gasteiger partial charge in [0.05, 0.1) is 18.8 Å². The van der Waals surface area contributed by atoms with Gasteiger partial charge in [0.15, 0.2) is 6.10 Å². The Hall–Kier alpha value is -2.73. The number of carbonyl (C=O) groups is 1. The second kappa shape index (κ2) is 13.1. The lowest BCUT2D eigenvalue weighted by Crippen LogP contribution is -2.40. The molecule has 180 valence electrons. The van der Waals surface area contributed by atoms with Crippen molar-refractivity contribution in [1.29, 1.82) is 0 Å². The van der Waals surface area contributed by atoms with Crippen LogP contribution in [-0.4, -0.2) is 51.0 Å². The van der Waals surface area contributed by atoms with Gasteiger partial charge in [-0.2, -0.15) is 0 Å². The molecule has 1 heterocycles. The number of fused-ring (bicyclic) bond motifs is 1. The van der Waals surface area contributed by atoms with Crippen LogP contribution < -0.4 is 15.0 Å². The summed E-state index contributed by atoms with van der Waals surface area (Å²) in [7, 11) is 0. The number of esters is 1. The Morgan fingerprint density at radius 1 is 1.12 bits per heavy atom. The summed E-state index contributed by atoms with van der Waals surface area (Å²) in [5, 5.41) is 3.51. The molecule has 2 atom stereocenters. The third kappa shape index (κ3) is 7.39. The molecule has 0 amide bonds. The number of benzene rings is 2. The molecule has 1 aliphatic rings. The highest BCUT2D eigenvalue weighted by atomic mass is 16.6. The van der Waals surface area contributed by atoms with Crippen LogP contribution in [0, 0.1) is 0 Å². The zero-order chi connectivity index (χ0) is 23.5. The van der Waals surface area contributed by atoms with Crippen LogP contribution in [0.4, 0.5) is 11.4 Å². The summed E-state index contributed by atoms with van der Waals surface area (Å²) in [4.78, 5) is 14.5. The minimum absolute atomic E-state index is 0.264. The van der Waals surface area contributed by atoms with Gasteiger partial charge in [0.1, 0.15) is 11.9 Å². The smallest absolute Gasteiger partial charge is 0.335 e. The van der Waals surface area contributed by atoms with Crippen LogP contribution in [0.25, 0.3) is 0 Å². The van der Waals surface area contributed by atoms with Crippen molar-refractivity contribution in [3.63, 3.8) is 0 Å². The van der Waals surface area contributed by atoms with Crippen LogP contribution in [0.5, 0.6) is 5.75 Å². The van der Waals surface area contributed by atoms with Gasteiger partial charge in [-0.25, -0.2) is 4.79 Å². The van der Waals surface area contributed by atoms with E-state index >= 15 is 0 Å². The lowest BCUT2D eigenvalue weighted by molar-refractivity contribution is -0.156. The highest BCUT2D eigenvalue weighted by Crippen LogP contribution is 2.34. The van der Waals surface area contributed by atoms with E-state index in [1.54, 1.807) is 0 Å². The van der Waals surface area contributed by atoms with E-state index in [2.05, 4.69) is 47.5 Å². The highest BCUT2D eigenvalue weighted by Gasteiger charge is 2.24. The van der Waals surface area contributed by atoms with Crippen molar-refractivity contribution in [2.24, 2.45) is 0 Å². The van der Waals surface area contributed by atoms with E-state index in [-0.39, 0.29) is 12.1 Å². The standard InChI is InChI=1S/C27H38N2O4/c1-4-10-23-20-29(24-11-7-8-12-25(24)33-23)18-9-17-28-22-15-13-21(14-16-22)19-26(31-5-2)27(30)32-6-3/h7-8,11-16,23,26,28H,4-6,9-10,17-20H2,1-3H3. The number of ether oxygens (including phenoxy) is 3. The average molecular weight is 455 g/mol. The SMILES string of the molecule is CCCC1CN(CCCNc2ccc(CC(OCC)C(=O)OCC)cc2)c2ccccc2O1. The molecule has 3 rings (SSSR count). The molecule has 0 bridgehead atoms. The molecule has 0 aromatic heterocycles. The van der Waals surface area contributed by atoms with Gasteiger partial charge in [-0.3, -0.25) is 0 Å². The molecule has 33 heavy (non-hydrogen) atoms. The van der Waals surface area contributed by atoms with E-state index in [4.69, 9.17) is 14.2 Å². The van der Waals surface area contributed by atoms with Crippen molar-refractivity contribution in [2.75, 3.05) is 43.1 Å². The topological polar surface area (TPSA) is 60.0 Å². The first-order valence-corrected chi connectivity index (χ1v) is 12.3. The monoisotopic (exact) mass is 454 g/mol. The van der Waals surface area contributed by atoms with Crippen LogP contribution in [-0.2, 0) is 20.7 Å². The summed E-state index contributed by atoms with van der Waals surface area (Å²) < 4.78 is 16.9. The molecule has 1 aliphatic heterocycles. The Morgan fingerprint density at radius 3 is 2.64 bits per heavy atom. The summed E-state index contributed by atoms with van der Waals surface area (Å²) in [6.45, 7) is 9.57. The molecular weight excluding hydrogens is 416 g/mol. The quantitative estimate of drug-likeness (QED) is 0.337. The second-order valence-corrected chi connectivity index (χ2v) is 8.32. The molecule has 6 nitrogen and oxygen atoms in total. The van der Waals surface area contributed by atoms with Crippen molar-refractivity contribution >= 4 is 17.3 Å². The zero-order valence-corrected chi connectivity index (χ0v) is 20.2. The number of hydrogen-bond acceptors (Lipinski definition) is 6. The molecule has 1 N–H and O–H groups in total. The lowest BCUT2D eigenvalue weighted by atomic mass is 10.1. The minimum atomic E-state index is -0.554. The second-order valence-electron chi connectivity index (χ2n) is 8.32. The fourth-order valence-corrected chi connectivity index (χ4v) is 4.19. The predicted molar refractivity (Wildman–Crippen MR) is 133 cm³/mol. The molecular formula is C27H38N2O4. The van der Waals surface area contributed by atoms with Crippen molar-refractivity contribution in [2.45, 2.75) is 58.7 Å². The summed E-state index contributed by atoms with van der Waals surface area (Å²) in [6, 6.07) is 16.5. The fourth-order valence-electron chi connectivity index (χ4n) is 4.19. The third-order valence-electron chi connectivity index (χ3n) is 5.76. The van der Waals surface area contributed by atoms with Gasteiger partial charge in [-0.05, 0) is 56.5 Å². The predicted octanol–water partition coefficient (Wildman–Crippen LogP) is 5.07. The Bertz CT molecular complexity index is 855. The Balaban J connectivity index is 1.47. The summed E-state index contributed by atoms with van der Waals surface area (Å²) in [5.41, 5.74) is 3.33. The van der Waals surface area contributed by atoms with Crippen molar-refractivity contribution in [1.82, 2.24) is 0 Å². The average Bonchev–Trinajstić information content (AvgIpc) is 2.83. The first-order valence-electron chi connectivity index (χ1n) is 12.3. The van der Waals surface area contributed by atoms with Crippen LogP contribution in [0.3, 0.4) is 0 Å². The zero-order valence-electron chi connectivity index (χ0n) is 20.2. The van der Waals surface area contributed by atoms with Crippen LogP contribution in [0.15, 0.2) is 48.5 Å². The first-order chi connectivity index (χ1) is 16.1. The number of carbonyl (C=O) groups excluding carboxylic acids is 1. The van der Waals surface area contributed by atoms with Gasteiger partial charge < -0.3 is 24.4 Å². The molecule has 2 aromatic rings. The molecule has 0 saturated carbocycles. The van der Waals surface area contributed by atoms with Crippen molar-refractivity contribution < 1.29 is 19.0 Å². The summed E-state index contributed by atoms with van der Waals surface area (Å²) in [5.74, 6) is 0.700. The van der Waals surface area contributed by atoms with E-state index in [1.807, 2.05) is 32.0 Å². The van der Waals surface area contributed by atoms with Gasteiger partial charge in [-0.15, -0.1) is 0 Å². The highest BCUT2D eigenvalue weighted by molar-refractivity contribution is 5.75.